The molecule has 0 unspecified atom stereocenters. The van der Waals surface area contributed by atoms with Crippen LogP contribution in [0.1, 0.15) is 11.1 Å². The summed E-state index contributed by atoms with van der Waals surface area (Å²) in [6, 6.07) is 24.5. The monoisotopic (exact) mass is 404 g/mol. The van der Waals surface area contributed by atoms with Gasteiger partial charge in [0, 0.05) is 17.7 Å². The van der Waals surface area contributed by atoms with Gasteiger partial charge in [0.2, 0.25) is 5.91 Å². The number of ether oxygens (including phenoxy) is 2. The molecule has 154 valence electrons. The molecule has 6 nitrogen and oxygen atoms in total. The maximum atomic E-state index is 12.2. The minimum absolute atomic E-state index is 0.142. The predicted octanol–water partition coefficient (Wildman–Crippen LogP) is 3.42. The number of hydrogen-bond acceptors (Lipinski definition) is 4. The van der Waals surface area contributed by atoms with Crippen LogP contribution in [0.15, 0.2) is 78.9 Å². The lowest BCUT2D eigenvalue weighted by molar-refractivity contribution is -0.125. The Morgan fingerprint density at radius 3 is 2.27 bits per heavy atom. The van der Waals surface area contributed by atoms with E-state index in [4.69, 9.17) is 9.47 Å². The van der Waals surface area contributed by atoms with Crippen molar-refractivity contribution in [2.75, 3.05) is 25.6 Å². The molecule has 0 bridgehead atoms. The van der Waals surface area contributed by atoms with E-state index in [0.29, 0.717) is 17.9 Å². The fourth-order valence-corrected chi connectivity index (χ4v) is 2.91. The van der Waals surface area contributed by atoms with Gasteiger partial charge in [0.1, 0.15) is 11.5 Å². The Hall–Kier alpha value is -3.80. The van der Waals surface area contributed by atoms with Crippen molar-refractivity contribution < 1.29 is 19.1 Å². The molecular formula is C24H24N2O4. The number of methoxy groups -OCH3 is 1. The van der Waals surface area contributed by atoms with E-state index < -0.39 is 0 Å². The first-order valence-corrected chi connectivity index (χ1v) is 9.59. The predicted molar refractivity (Wildman–Crippen MR) is 116 cm³/mol. The summed E-state index contributed by atoms with van der Waals surface area (Å²) < 4.78 is 10.8. The van der Waals surface area contributed by atoms with Crippen LogP contribution in [0.2, 0.25) is 0 Å². The number of benzene rings is 3. The van der Waals surface area contributed by atoms with E-state index in [-0.39, 0.29) is 25.0 Å². The van der Waals surface area contributed by atoms with E-state index in [0.717, 1.165) is 16.9 Å². The molecule has 0 saturated carbocycles. The van der Waals surface area contributed by atoms with Crippen molar-refractivity contribution in [1.82, 2.24) is 5.32 Å². The molecule has 0 atom stereocenters. The normalized spacial score (nSPS) is 10.2. The summed E-state index contributed by atoms with van der Waals surface area (Å²) in [5, 5.41) is 5.35. The highest BCUT2D eigenvalue weighted by molar-refractivity contribution is 5.94. The fraction of sp³-hybridized carbons (Fsp3) is 0.167. The summed E-state index contributed by atoms with van der Waals surface area (Å²) in [5.41, 5.74) is 2.74. The van der Waals surface area contributed by atoms with E-state index in [9.17, 15) is 9.59 Å². The topological polar surface area (TPSA) is 76.7 Å². The van der Waals surface area contributed by atoms with E-state index in [1.165, 1.54) is 0 Å². The third-order valence-electron chi connectivity index (χ3n) is 4.36. The van der Waals surface area contributed by atoms with Crippen molar-refractivity contribution >= 4 is 17.5 Å². The lowest BCUT2D eigenvalue weighted by atomic mass is 10.0. The van der Waals surface area contributed by atoms with Crippen molar-refractivity contribution in [3.05, 3.63) is 90.0 Å². The molecule has 0 heterocycles. The third-order valence-corrected chi connectivity index (χ3v) is 4.36. The Bertz CT molecular complexity index is 975. The van der Waals surface area contributed by atoms with E-state index in [1.807, 2.05) is 60.7 Å². The molecule has 0 spiro atoms. The van der Waals surface area contributed by atoms with Crippen molar-refractivity contribution in [2.45, 2.75) is 6.42 Å². The number of para-hydroxylation sites is 1. The second kappa shape index (κ2) is 10.7. The largest absolute Gasteiger partial charge is 0.496 e. The third kappa shape index (κ3) is 6.38. The summed E-state index contributed by atoms with van der Waals surface area (Å²) in [7, 11) is 1.62. The van der Waals surface area contributed by atoms with Crippen molar-refractivity contribution in [1.29, 1.82) is 0 Å². The smallest absolute Gasteiger partial charge is 0.258 e. The Morgan fingerprint density at radius 2 is 1.57 bits per heavy atom. The Balaban J connectivity index is 1.52. The molecule has 0 aliphatic rings. The van der Waals surface area contributed by atoms with Gasteiger partial charge in [-0.25, -0.2) is 0 Å². The Morgan fingerprint density at radius 1 is 0.867 bits per heavy atom. The average molecular weight is 404 g/mol. The van der Waals surface area contributed by atoms with Gasteiger partial charge < -0.3 is 20.1 Å². The highest BCUT2D eigenvalue weighted by Gasteiger charge is 2.10. The van der Waals surface area contributed by atoms with Gasteiger partial charge in [-0.3, -0.25) is 9.59 Å². The van der Waals surface area contributed by atoms with Gasteiger partial charge in [-0.1, -0.05) is 48.5 Å². The zero-order valence-corrected chi connectivity index (χ0v) is 16.8. The highest BCUT2D eigenvalue weighted by Crippen LogP contribution is 2.25. The molecule has 0 radical (unpaired) electrons. The van der Waals surface area contributed by atoms with Crippen LogP contribution in [0, 0.1) is 0 Å². The van der Waals surface area contributed by atoms with E-state index in [2.05, 4.69) is 10.6 Å². The molecule has 0 aliphatic carbocycles. The summed E-state index contributed by atoms with van der Waals surface area (Å²) in [6.07, 6.45) is 0.682. The number of amides is 2. The van der Waals surface area contributed by atoms with Gasteiger partial charge in [0.05, 0.1) is 13.7 Å². The van der Waals surface area contributed by atoms with Crippen LogP contribution in [0.4, 0.5) is 5.69 Å². The lowest BCUT2D eigenvalue weighted by Gasteiger charge is -2.12. The first-order chi connectivity index (χ1) is 14.6. The Labute approximate surface area is 175 Å². The minimum atomic E-state index is -0.367. The number of carbonyl (C=O) groups excluding carboxylic acids is 2. The zero-order valence-electron chi connectivity index (χ0n) is 16.8. The van der Waals surface area contributed by atoms with Crippen LogP contribution in [0.3, 0.4) is 0 Å². The summed E-state index contributed by atoms with van der Waals surface area (Å²) in [6.45, 7) is -0.294. The standard InChI is InChI=1S/C24H24N2O4/c1-29-22-13-12-20(15-19(22)14-18-8-4-2-5-9-18)26-23(27)16-25-24(28)17-30-21-10-6-3-7-11-21/h2-13,15H,14,16-17H2,1H3,(H,25,28)(H,26,27). The molecule has 3 aromatic rings. The van der Waals surface area contributed by atoms with Gasteiger partial charge in [-0.2, -0.15) is 0 Å². The Kier molecular flexibility index (Phi) is 7.44. The first-order valence-electron chi connectivity index (χ1n) is 9.59. The number of hydrogen-bond donors (Lipinski definition) is 2. The van der Waals surface area contributed by atoms with Crippen molar-refractivity contribution in [2.24, 2.45) is 0 Å². The fourth-order valence-electron chi connectivity index (χ4n) is 2.91. The van der Waals surface area contributed by atoms with E-state index >= 15 is 0 Å². The number of carbonyl (C=O) groups is 2. The number of nitrogens with one attached hydrogen (secondary N) is 2. The second-order valence-corrected chi connectivity index (χ2v) is 6.62. The number of rotatable bonds is 9. The molecular weight excluding hydrogens is 380 g/mol. The van der Waals surface area contributed by atoms with E-state index in [1.54, 1.807) is 25.3 Å². The first kappa shape index (κ1) is 20.9. The van der Waals surface area contributed by atoms with Gasteiger partial charge in [0.15, 0.2) is 6.61 Å². The maximum Gasteiger partial charge on any atom is 0.258 e. The van der Waals surface area contributed by atoms with Gasteiger partial charge in [-0.05, 0) is 35.9 Å². The molecule has 0 aromatic heterocycles. The molecule has 0 saturated heterocycles. The maximum absolute atomic E-state index is 12.2. The molecule has 2 N–H and O–H groups in total. The quantitative estimate of drug-likeness (QED) is 0.573. The molecule has 2 amide bonds. The minimum Gasteiger partial charge on any atom is -0.496 e. The van der Waals surface area contributed by atoms with Crippen molar-refractivity contribution in [3.8, 4) is 11.5 Å². The average Bonchev–Trinajstić information content (AvgIpc) is 2.78. The van der Waals surface area contributed by atoms with Crippen LogP contribution < -0.4 is 20.1 Å². The summed E-state index contributed by atoms with van der Waals surface area (Å²) in [5.74, 6) is 0.664. The highest BCUT2D eigenvalue weighted by atomic mass is 16.5. The van der Waals surface area contributed by atoms with Crippen LogP contribution >= 0.6 is 0 Å². The molecule has 0 aliphatic heterocycles. The SMILES string of the molecule is COc1ccc(NC(=O)CNC(=O)COc2ccccc2)cc1Cc1ccccc1. The van der Waals surface area contributed by atoms with Gasteiger partial charge in [0.25, 0.3) is 5.91 Å². The molecule has 0 fully saturated rings. The van der Waals surface area contributed by atoms with Crippen LogP contribution in [0.5, 0.6) is 11.5 Å². The molecule has 3 aromatic carbocycles. The van der Waals surface area contributed by atoms with Gasteiger partial charge in [-0.15, -0.1) is 0 Å². The number of anilines is 1. The second-order valence-electron chi connectivity index (χ2n) is 6.62. The van der Waals surface area contributed by atoms with Crippen LogP contribution in [-0.4, -0.2) is 32.1 Å². The molecule has 6 heteroatoms. The van der Waals surface area contributed by atoms with Crippen molar-refractivity contribution in [3.63, 3.8) is 0 Å². The van der Waals surface area contributed by atoms with Gasteiger partial charge >= 0.3 is 0 Å². The molecule has 3 rings (SSSR count). The molecule has 30 heavy (non-hydrogen) atoms. The van der Waals surface area contributed by atoms with Crippen LogP contribution in [-0.2, 0) is 16.0 Å². The van der Waals surface area contributed by atoms with Crippen LogP contribution in [0.25, 0.3) is 0 Å². The lowest BCUT2D eigenvalue weighted by Crippen LogP contribution is -2.35. The summed E-state index contributed by atoms with van der Waals surface area (Å²) >= 11 is 0. The summed E-state index contributed by atoms with van der Waals surface area (Å²) in [4.78, 5) is 24.1. The zero-order chi connectivity index (χ0) is 21.2.